The summed E-state index contributed by atoms with van der Waals surface area (Å²) in [5.74, 6) is 0. The Bertz CT molecular complexity index is 809. The zero-order valence-corrected chi connectivity index (χ0v) is 18.5. The second-order valence-electron chi connectivity index (χ2n) is 8.83. The van der Waals surface area contributed by atoms with Gasteiger partial charge < -0.3 is 0 Å². The predicted molar refractivity (Wildman–Crippen MR) is 114 cm³/mol. The van der Waals surface area contributed by atoms with Gasteiger partial charge in [-0.05, 0) is 59.1 Å². The van der Waals surface area contributed by atoms with Crippen LogP contribution in [0.15, 0.2) is 58.3 Å². The first kappa shape index (κ1) is 21.7. The number of sulfone groups is 1. The van der Waals surface area contributed by atoms with Crippen LogP contribution >= 0.6 is 0 Å². The van der Waals surface area contributed by atoms with Crippen molar-refractivity contribution >= 4 is 9.84 Å². The molecule has 2 aromatic rings. The third-order valence-corrected chi connectivity index (χ3v) is 7.35. The molecule has 0 saturated heterocycles. The number of benzene rings is 2. The Hall–Kier alpha value is -1.61. The van der Waals surface area contributed by atoms with Crippen molar-refractivity contribution in [3.63, 3.8) is 0 Å². The Labute approximate surface area is 165 Å². The normalized spacial score (nSPS) is 13.0. The van der Waals surface area contributed by atoms with Crippen molar-refractivity contribution in [2.24, 2.45) is 0 Å². The second kappa shape index (κ2) is 8.18. The number of rotatable bonds is 8. The fraction of sp³-hybridized carbons (Fsp3) is 0.500. The van der Waals surface area contributed by atoms with Crippen LogP contribution in [0.25, 0.3) is 0 Å². The summed E-state index contributed by atoms with van der Waals surface area (Å²) in [7, 11) is -3.53. The molecule has 0 aliphatic heterocycles. The summed E-state index contributed by atoms with van der Waals surface area (Å²) in [5, 5.41) is 0. The zero-order valence-electron chi connectivity index (χ0n) is 17.7. The summed E-state index contributed by atoms with van der Waals surface area (Å²) < 4.78 is 26.6. The van der Waals surface area contributed by atoms with Gasteiger partial charge in [-0.2, -0.15) is 0 Å². The maximum atomic E-state index is 13.3. The minimum atomic E-state index is -3.53. The molecule has 2 rings (SSSR count). The van der Waals surface area contributed by atoms with E-state index in [9.17, 15) is 8.42 Å². The smallest absolute Gasteiger partial charge is 0.206 e. The summed E-state index contributed by atoms with van der Waals surface area (Å²) in [6, 6.07) is 14.9. The molecule has 0 unspecified atom stereocenters. The van der Waals surface area contributed by atoms with E-state index in [0.29, 0.717) is 9.79 Å². The largest absolute Gasteiger partial charge is 0.219 e. The van der Waals surface area contributed by atoms with E-state index in [-0.39, 0.29) is 10.8 Å². The average molecular weight is 387 g/mol. The lowest BCUT2D eigenvalue weighted by atomic mass is 9.81. The summed E-state index contributed by atoms with van der Waals surface area (Å²) >= 11 is 0. The van der Waals surface area contributed by atoms with Crippen LogP contribution in [0.1, 0.15) is 78.4 Å². The molecule has 0 bridgehead atoms. The molecule has 0 atom stereocenters. The Morgan fingerprint density at radius 1 is 0.704 bits per heavy atom. The minimum absolute atomic E-state index is 0.0365. The highest BCUT2D eigenvalue weighted by molar-refractivity contribution is 7.91. The Kier molecular flexibility index (Phi) is 6.57. The molecule has 2 aromatic carbocycles. The first-order valence-corrected chi connectivity index (χ1v) is 11.5. The van der Waals surface area contributed by atoms with E-state index in [1.165, 1.54) is 0 Å². The summed E-state index contributed by atoms with van der Waals surface area (Å²) in [6.07, 6.45) is 4.19. The highest BCUT2D eigenvalue weighted by atomic mass is 32.2. The first-order chi connectivity index (χ1) is 12.5. The highest BCUT2D eigenvalue weighted by Gasteiger charge is 2.25. The van der Waals surface area contributed by atoms with Crippen molar-refractivity contribution in [3.05, 3.63) is 59.7 Å². The standard InChI is InChI=1S/C24H34O2S/c1-7-15-23(3,4)19-11-9-13-21(17-19)27(25,26)22-14-10-12-20(18-22)24(5,6)16-8-2/h9-14,17-18H,7-8,15-16H2,1-6H3. The van der Waals surface area contributed by atoms with Gasteiger partial charge in [0.15, 0.2) is 0 Å². The molecular formula is C24H34O2S. The lowest BCUT2D eigenvalue weighted by Gasteiger charge is -2.26. The van der Waals surface area contributed by atoms with Crippen LogP contribution < -0.4 is 0 Å². The van der Waals surface area contributed by atoms with Gasteiger partial charge in [0.05, 0.1) is 9.79 Å². The van der Waals surface area contributed by atoms with E-state index in [1.807, 2.05) is 36.4 Å². The first-order valence-electron chi connectivity index (χ1n) is 10.0. The predicted octanol–water partition coefficient (Wildman–Crippen LogP) is 6.67. The fourth-order valence-corrected chi connectivity index (χ4v) is 5.20. The maximum absolute atomic E-state index is 13.3. The molecule has 0 amide bonds. The van der Waals surface area contributed by atoms with Gasteiger partial charge in [-0.15, -0.1) is 0 Å². The second-order valence-corrected chi connectivity index (χ2v) is 10.8. The molecule has 0 N–H and O–H groups in total. The SMILES string of the molecule is CCCC(C)(C)c1cccc(S(=O)(=O)c2cccc(C(C)(C)CCC)c2)c1. The van der Waals surface area contributed by atoms with Gasteiger partial charge in [-0.1, -0.05) is 78.6 Å². The van der Waals surface area contributed by atoms with Crippen molar-refractivity contribution < 1.29 is 8.42 Å². The molecule has 27 heavy (non-hydrogen) atoms. The van der Waals surface area contributed by atoms with Crippen molar-refractivity contribution in [2.75, 3.05) is 0 Å². The summed E-state index contributed by atoms with van der Waals surface area (Å²) in [5.41, 5.74) is 2.08. The van der Waals surface area contributed by atoms with Gasteiger partial charge in [-0.25, -0.2) is 8.42 Å². The van der Waals surface area contributed by atoms with Crippen LogP contribution in [0.3, 0.4) is 0 Å². The van der Waals surface area contributed by atoms with Crippen molar-refractivity contribution in [1.29, 1.82) is 0 Å². The van der Waals surface area contributed by atoms with Crippen molar-refractivity contribution in [1.82, 2.24) is 0 Å². The third kappa shape index (κ3) is 4.82. The molecule has 2 nitrogen and oxygen atoms in total. The molecule has 0 saturated carbocycles. The fourth-order valence-electron chi connectivity index (χ4n) is 3.84. The van der Waals surface area contributed by atoms with E-state index < -0.39 is 9.84 Å². The number of hydrogen-bond acceptors (Lipinski definition) is 2. The van der Waals surface area contributed by atoms with Crippen LogP contribution in [0.5, 0.6) is 0 Å². The molecule has 0 radical (unpaired) electrons. The third-order valence-electron chi connectivity index (χ3n) is 5.60. The molecule has 0 fully saturated rings. The number of hydrogen-bond donors (Lipinski definition) is 0. The molecule has 0 aliphatic carbocycles. The van der Waals surface area contributed by atoms with E-state index >= 15 is 0 Å². The Morgan fingerprint density at radius 3 is 1.41 bits per heavy atom. The van der Waals surface area contributed by atoms with Crippen LogP contribution in [0.4, 0.5) is 0 Å². The molecule has 148 valence electrons. The maximum Gasteiger partial charge on any atom is 0.206 e. The van der Waals surface area contributed by atoms with Gasteiger partial charge in [0.2, 0.25) is 9.84 Å². The lowest BCUT2D eigenvalue weighted by Crippen LogP contribution is -2.18. The van der Waals surface area contributed by atoms with Gasteiger partial charge in [0.1, 0.15) is 0 Å². The molecule has 0 aliphatic rings. The topological polar surface area (TPSA) is 34.1 Å². The summed E-state index contributed by atoms with van der Waals surface area (Å²) in [4.78, 5) is 0.768. The van der Waals surface area contributed by atoms with Crippen LogP contribution in [0.2, 0.25) is 0 Å². The Morgan fingerprint density at radius 2 is 1.07 bits per heavy atom. The average Bonchev–Trinajstić information content (AvgIpc) is 2.62. The molecular weight excluding hydrogens is 352 g/mol. The monoisotopic (exact) mass is 386 g/mol. The lowest BCUT2D eigenvalue weighted by molar-refractivity contribution is 0.471. The van der Waals surface area contributed by atoms with E-state index in [0.717, 1.165) is 36.8 Å². The van der Waals surface area contributed by atoms with E-state index in [1.54, 1.807) is 12.1 Å². The highest BCUT2D eigenvalue weighted by Crippen LogP contribution is 2.33. The van der Waals surface area contributed by atoms with Crippen molar-refractivity contribution in [2.45, 2.75) is 87.8 Å². The van der Waals surface area contributed by atoms with E-state index in [2.05, 4.69) is 41.5 Å². The van der Waals surface area contributed by atoms with Crippen molar-refractivity contribution in [3.8, 4) is 0 Å². The van der Waals surface area contributed by atoms with Gasteiger partial charge in [0.25, 0.3) is 0 Å². The Balaban J connectivity index is 2.48. The zero-order chi connectivity index (χ0) is 20.3. The van der Waals surface area contributed by atoms with Crippen LogP contribution in [-0.2, 0) is 20.7 Å². The quantitative estimate of drug-likeness (QED) is 0.507. The van der Waals surface area contributed by atoms with E-state index in [4.69, 9.17) is 0 Å². The minimum Gasteiger partial charge on any atom is -0.219 e. The molecule has 3 heteroatoms. The van der Waals surface area contributed by atoms with Gasteiger partial charge >= 0.3 is 0 Å². The molecule has 0 aromatic heterocycles. The molecule has 0 heterocycles. The van der Waals surface area contributed by atoms with Crippen LogP contribution in [-0.4, -0.2) is 8.42 Å². The van der Waals surface area contributed by atoms with Gasteiger partial charge in [0, 0.05) is 0 Å². The molecule has 0 spiro atoms. The summed E-state index contributed by atoms with van der Waals surface area (Å²) in [6.45, 7) is 13.0. The van der Waals surface area contributed by atoms with Gasteiger partial charge in [-0.3, -0.25) is 0 Å². The van der Waals surface area contributed by atoms with Crippen LogP contribution in [0, 0.1) is 0 Å².